The number of sulfone groups is 1. The molecule has 4 rings (SSSR count). The normalized spacial score (nSPS) is 25.7. The van der Waals surface area contributed by atoms with Crippen LogP contribution in [-0.2, 0) is 19.4 Å². The Balaban J connectivity index is 1.62. The van der Waals surface area contributed by atoms with Gasteiger partial charge in [-0.15, -0.1) is 0 Å². The van der Waals surface area contributed by atoms with E-state index in [-0.39, 0.29) is 41.2 Å². The number of esters is 1. The largest absolute Gasteiger partial charge is 0.458 e. The zero-order valence-corrected chi connectivity index (χ0v) is 13.3. The number of carbonyl (C=O) groups is 1. The Bertz CT molecular complexity index is 907. The summed E-state index contributed by atoms with van der Waals surface area (Å²) in [4.78, 5) is 11.4. The van der Waals surface area contributed by atoms with Gasteiger partial charge in [0.2, 0.25) is 9.84 Å². The summed E-state index contributed by atoms with van der Waals surface area (Å²) in [5.74, 6) is -0.860. The van der Waals surface area contributed by atoms with Gasteiger partial charge in [0.05, 0.1) is 17.9 Å². The van der Waals surface area contributed by atoms with Crippen molar-refractivity contribution in [2.24, 2.45) is 11.8 Å². The van der Waals surface area contributed by atoms with Gasteiger partial charge in [-0.1, -0.05) is 29.4 Å². The first-order valence-corrected chi connectivity index (χ1v) is 9.14. The Kier molecular flexibility index (Phi) is 3.45. The lowest BCUT2D eigenvalue weighted by Crippen LogP contribution is -2.24. The van der Waals surface area contributed by atoms with Crippen molar-refractivity contribution in [3.63, 3.8) is 0 Å². The third-order valence-electron chi connectivity index (χ3n) is 4.32. The van der Waals surface area contributed by atoms with Crippen LogP contribution in [0.4, 0.5) is 0 Å². The predicted molar refractivity (Wildman–Crippen MR) is 81.8 cm³/mol. The van der Waals surface area contributed by atoms with Crippen LogP contribution in [0.3, 0.4) is 0 Å². The van der Waals surface area contributed by atoms with Crippen LogP contribution in [0, 0.1) is 11.8 Å². The zero-order chi connectivity index (χ0) is 16.7. The minimum atomic E-state index is -3.73. The molecule has 2 aromatic rings. The van der Waals surface area contributed by atoms with E-state index in [1.165, 1.54) is 4.68 Å². The van der Waals surface area contributed by atoms with E-state index in [0.717, 1.165) is 0 Å². The number of allylic oxidation sites excluding steroid dienone is 1. The average Bonchev–Trinajstić information content (AvgIpc) is 3.25. The summed E-state index contributed by atoms with van der Waals surface area (Å²) in [6.45, 7) is 0. The van der Waals surface area contributed by atoms with Gasteiger partial charge in [0, 0.05) is 5.92 Å². The number of tetrazole rings is 1. The quantitative estimate of drug-likeness (QED) is 0.588. The molecule has 1 aromatic heterocycles. The maximum absolute atomic E-state index is 12.8. The van der Waals surface area contributed by atoms with Crippen LogP contribution in [0.5, 0.6) is 0 Å². The average molecular weight is 346 g/mol. The van der Waals surface area contributed by atoms with E-state index in [4.69, 9.17) is 4.74 Å². The van der Waals surface area contributed by atoms with Crippen molar-refractivity contribution < 1.29 is 17.9 Å². The first kappa shape index (κ1) is 15.0. The summed E-state index contributed by atoms with van der Waals surface area (Å²) in [6.07, 6.45) is 3.48. The fourth-order valence-corrected chi connectivity index (χ4v) is 4.76. The molecule has 2 aliphatic rings. The van der Waals surface area contributed by atoms with E-state index in [0.29, 0.717) is 5.69 Å². The van der Waals surface area contributed by atoms with Gasteiger partial charge in [-0.3, -0.25) is 4.79 Å². The van der Waals surface area contributed by atoms with Crippen molar-refractivity contribution in [3.8, 4) is 5.69 Å². The molecule has 1 aromatic carbocycles. The predicted octanol–water partition coefficient (Wildman–Crippen LogP) is 0.554. The second kappa shape index (κ2) is 5.52. The number of rotatable bonds is 4. The van der Waals surface area contributed by atoms with Gasteiger partial charge in [0.25, 0.3) is 5.16 Å². The molecule has 0 spiro atoms. The van der Waals surface area contributed by atoms with Crippen LogP contribution in [0.25, 0.3) is 5.69 Å². The topological polar surface area (TPSA) is 104 Å². The lowest BCUT2D eigenvalue weighted by atomic mass is 9.94. The van der Waals surface area contributed by atoms with Gasteiger partial charge in [0.15, 0.2) is 0 Å². The molecule has 24 heavy (non-hydrogen) atoms. The summed E-state index contributed by atoms with van der Waals surface area (Å²) in [5, 5.41) is 10.8. The van der Waals surface area contributed by atoms with Crippen LogP contribution >= 0.6 is 0 Å². The maximum atomic E-state index is 12.8. The van der Waals surface area contributed by atoms with Crippen LogP contribution < -0.4 is 0 Å². The summed E-state index contributed by atoms with van der Waals surface area (Å²) in [7, 11) is -3.73. The van der Waals surface area contributed by atoms with Crippen molar-refractivity contribution in [3.05, 3.63) is 42.5 Å². The minimum Gasteiger partial charge on any atom is -0.458 e. The highest BCUT2D eigenvalue weighted by Gasteiger charge is 2.43. The van der Waals surface area contributed by atoms with Crippen molar-refractivity contribution in [1.29, 1.82) is 0 Å². The van der Waals surface area contributed by atoms with Crippen LogP contribution in [0.15, 0.2) is 47.6 Å². The SMILES string of the molecule is O=C1C[C@H]2[C@@H](CS(=O)(=O)c3nnnn3-c3ccccc3)C=C[C@H]2O1. The molecule has 9 heteroatoms. The maximum Gasteiger partial charge on any atom is 0.306 e. The van der Waals surface area contributed by atoms with Crippen molar-refractivity contribution in [2.75, 3.05) is 5.75 Å². The van der Waals surface area contributed by atoms with E-state index in [1.54, 1.807) is 36.4 Å². The number of aromatic nitrogens is 4. The third-order valence-corrected chi connectivity index (χ3v) is 5.96. The Morgan fingerprint density at radius 1 is 1.21 bits per heavy atom. The van der Waals surface area contributed by atoms with E-state index < -0.39 is 9.84 Å². The fraction of sp³-hybridized carbons (Fsp3) is 0.333. The molecule has 1 fully saturated rings. The highest BCUT2D eigenvalue weighted by atomic mass is 32.2. The standard InChI is InChI=1S/C15H14N4O4S/c20-14-8-12-10(6-7-13(12)23-14)9-24(21,22)15-16-17-18-19(15)11-4-2-1-3-5-11/h1-7,10,12-13H,8-9H2/t10-,12+,13-/m1/s1. The van der Waals surface area contributed by atoms with E-state index in [1.807, 2.05) is 6.07 Å². The Morgan fingerprint density at radius 2 is 2.00 bits per heavy atom. The molecule has 1 aliphatic carbocycles. The van der Waals surface area contributed by atoms with Crippen LogP contribution in [0.1, 0.15) is 6.42 Å². The number of fused-ring (bicyclic) bond motifs is 1. The monoisotopic (exact) mass is 346 g/mol. The van der Waals surface area contributed by atoms with E-state index >= 15 is 0 Å². The fourth-order valence-electron chi connectivity index (χ4n) is 3.18. The Hall–Kier alpha value is -2.55. The highest BCUT2D eigenvalue weighted by Crippen LogP contribution is 2.37. The second-order valence-electron chi connectivity index (χ2n) is 5.86. The van der Waals surface area contributed by atoms with Gasteiger partial charge in [-0.05, 0) is 34.6 Å². The Labute approximate surface area is 138 Å². The summed E-state index contributed by atoms with van der Waals surface area (Å²) >= 11 is 0. The molecule has 8 nitrogen and oxygen atoms in total. The molecule has 1 aliphatic heterocycles. The number of para-hydroxylation sites is 1. The summed E-state index contributed by atoms with van der Waals surface area (Å²) in [6, 6.07) is 8.83. The third kappa shape index (κ3) is 2.50. The number of carbonyl (C=O) groups excluding carboxylic acids is 1. The number of ether oxygens (including phenoxy) is 1. The molecule has 0 N–H and O–H groups in total. The van der Waals surface area contributed by atoms with E-state index in [9.17, 15) is 13.2 Å². The van der Waals surface area contributed by atoms with E-state index in [2.05, 4.69) is 15.5 Å². The number of hydrogen-bond acceptors (Lipinski definition) is 7. The van der Waals surface area contributed by atoms with Gasteiger partial charge < -0.3 is 4.74 Å². The van der Waals surface area contributed by atoms with Crippen LogP contribution in [-0.4, -0.2) is 46.5 Å². The molecule has 0 radical (unpaired) electrons. The molecule has 0 amide bonds. The molecule has 1 saturated heterocycles. The lowest BCUT2D eigenvalue weighted by Gasteiger charge is -2.15. The molecule has 124 valence electrons. The smallest absolute Gasteiger partial charge is 0.306 e. The number of benzene rings is 1. The van der Waals surface area contributed by atoms with Crippen molar-refractivity contribution in [1.82, 2.24) is 20.2 Å². The first-order valence-electron chi connectivity index (χ1n) is 7.49. The highest BCUT2D eigenvalue weighted by molar-refractivity contribution is 7.91. The Morgan fingerprint density at radius 3 is 2.79 bits per heavy atom. The van der Waals surface area contributed by atoms with Gasteiger partial charge in [-0.25, -0.2) is 8.42 Å². The molecule has 2 heterocycles. The lowest BCUT2D eigenvalue weighted by molar-refractivity contribution is -0.140. The zero-order valence-electron chi connectivity index (χ0n) is 12.5. The molecule has 3 atom stereocenters. The second-order valence-corrected chi connectivity index (χ2v) is 7.79. The van der Waals surface area contributed by atoms with Gasteiger partial charge in [0.1, 0.15) is 6.10 Å². The van der Waals surface area contributed by atoms with Gasteiger partial charge in [-0.2, -0.15) is 4.68 Å². The number of nitrogens with zero attached hydrogens (tertiary/aromatic N) is 4. The summed E-state index contributed by atoms with van der Waals surface area (Å²) < 4.78 is 31.9. The van der Waals surface area contributed by atoms with Crippen molar-refractivity contribution in [2.45, 2.75) is 17.7 Å². The molecular formula is C15H14N4O4S. The minimum absolute atomic E-state index is 0.131. The van der Waals surface area contributed by atoms with Gasteiger partial charge >= 0.3 is 5.97 Å². The van der Waals surface area contributed by atoms with Crippen LogP contribution in [0.2, 0.25) is 0 Å². The number of hydrogen-bond donors (Lipinski definition) is 0. The molecule has 0 unspecified atom stereocenters. The first-order chi connectivity index (χ1) is 11.5. The molecule has 0 saturated carbocycles. The molecular weight excluding hydrogens is 332 g/mol. The molecule has 0 bridgehead atoms. The van der Waals surface area contributed by atoms with Crippen molar-refractivity contribution >= 4 is 15.8 Å². The summed E-state index contributed by atoms with van der Waals surface area (Å²) in [5.41, 5.74) is 0.570.